The van der Waals surface area contributed by atoms with Crippen molar-refractivity contribution in [2.24, 2.45) is 0 Å². The topological polar surface area (TPSA) is 156 Å². The van der Waals surface area contributed by atoms with E-state index < -0.39 is 34.7 Å². The number of ether oxygens (including phenoxy) is 1. The summed E-state index contributed by atoms with van der Waals surface area (Å²) in [4.78, 5) is 61.4. The number of hydrogen-bond donors (Lipinski definition) is 3. The third kappa shape index (κ3) is 6.15. The van der Waals surface area contributed by atoms with Gasteiger partial charge in [-0.25, -0.2) is 19.1 Å². The summed E-state index contributed by atoms with van der Waals surface area (Å²) in [5, 5.41) is 12.4. The Kier molecular flexibility index (Phi) is 7.58. The molecule has 0 fully saturated rings. The molecule has 1 aliphatic rings. The minimum atomic E-state index is -1.34. The molecule has 5 rings (SSSR count). The molecule has 11 nitrogen and oxygen atoms in total. The highest BCUT2D eigenvalue weighted by atomic mass is 16.6. The molecule has 0 spiro atoms. The van der Waals surface area contributed by atoms with Crippen LogP contribution in [0.15, 0.2) is 58.4 Å². The summed E-state index contributed by atoms with van der Waals surface area (Å²) in [6, 6.07) is 12.0. The summed E-state index contributed by atoms with van der Waals surface area (Å²) in [7, 11) is 0. The number of hydrogen-bond acceptors (Lipinski definition) is 8. The molecule has 0 aliphatic heterocycles. The van der Waals surface area contributed by atoms with E-state index in [1.54, 1.807) is 20.8 Å². The van der Waals surface area contributed by atoms with E-state index in [1.165, 1.54) is 6.20 Å². The van der Waals surface area contributed by atoms with Crippen LogP contribution in [-0.4, -0.2) is 48.7 Å². The van der Waals surface area contributed by atoms with Crippen molar-refractivity contribution in [1.29, 1.82) is 0 Å². The summed E-state index contributed by atoms with van der Waals surface area (Å²) < 4.78 is 6.34. The van der Waals surface area contributed by atoms with Crippen LogP contribution >= 0.6 is 0 Å². The number of aryl methyl sites for hydroxylation is 2. The van der Waals surface area contributed by atoms with Crippen LogP contribution in [0.3, 0.4) is 0 Å². The number of aromatic amines is 1. The van der Waals surface area contributed by atoms with Crippen LogP contribution in [0.5, 0.6) is 0 Å². The number of carbonyl (C=O) groups is 2. The van der Waals surface area contributed by atoms with Crippen molar-refractivity contribution in [3.8, 4) is 5.95 Å². The Balaban J connectivity index is 1.64. The van der Waals surface area contributed by atoms with Gasteiger partial charge in [0.25, 0.3) is 5.56 Å². The number of anilines is 1. The molecule has 2 aromatic heterocycles. The molecule has 0 saturated heterocycles. The Labute approximate surface area is 246 Å². The highest BCUT2D eigenvalue weighted by Crippen LogP contribution is 2.38. The van der Waals surface area contributed by atoms with Crippen molar-refractivity contribution in [1.82, 2.24) is 19.5 Å². The molecule has 0 saturated carbocycles. The average Bonchev–Trinajstić information content (AvgIpc) is 3.07. The number of nitrogens with one attached hydrogen (secondary N) is 2. The summed E-state index contributed by atoms with van der Waals surface area (Å²) in [5.41, 5.74) is 3.57. The maximum atomic E-state index is 13.4. The first-order chi connectivity index (χ1) is 20.3. The minimum absolute atomic E-state index is 0.191. The first kappa shape index (κ1) is 29.2. The molecule has 1 aliphatic carbocycles. The number of aromatic nitrogens is 4. The SMILES string of the molecule is Cc1ccc2c(c1)C=Cc1cc(C)ccc1C2c1cn(-c2ncc(C(=O)O)c(NCC(=O)OC(C)(C)C)n2)c(=O)[nH]c1=O. The lowest BCUT2D eigenvalue weighted by atomic mass is 9.82. The molecular weight excluding hydrogens is 550 g/mol. The van der Waals surface area contributed by atoms with E-state index in [9.17, 15) is 24.3 Å². The largest absolute Gasteiger partial charge is 0.477 e. The number of carbonyl (C=O) groups excluding carboxylic acids is 1. The van der Waals surface area contributed by atoms with Crippen molar-refractivity contribution in [2.75, 3.05) is 11.9 Å². The molecule has 0 atom stereocenters. The van der Waals surface area contributed by atoms with E-state index in [4.69, 9.17) is 4.74 Å². The third-order valence-electron chi connectivity index (χ3n) is 6.87. The van der Waals surface area contributed by atoms with Gasteiger partial charge in [-0.1, -0.05) is 59.7 Å². The summed E-state index contributed by atoms with van der Waals surface area (Å²) in [5.74, 6) is -2.89. The molecule has 0 radical (unpaired) electrons. The molecule has 11 heteroatoms. The standard InChI is InChI=1S/C32H31N5O6/c1-17-6-10-21-19(12-17)8-9-20-13-18(2)7-11-22(20)26(21)24-16-37(31(42)36-28(24)39)30-34-14-23(29(40)41)27(35-30)33-15-25(38)43-32(3,4)5/h6-14,16,26H,15H2,1-5H3,(H,40,41)(H,33,34,35)(H,36,39,42). The van der Waals surface area contributed by atoms with Crippen molar-refractivity contribution in [3.63, 3.8) is 0 Å². The second-order valence-electron chi connectivity index (χ2n) is 11.4. The zero-order valence-electron chi connectivity index (χ0n) is 24.4. The van der Waals surface area contributed by atoms with Gasteiger partial charge in [-0.2, -0.15) is 4.98 Å². The minimum Gasteiger partial charge on any atom is -0.477 e. The molecule has 4 aromatic rings. The molecule has 43 heavy (non-hydrogen) atoms. The van der Waals surface area contributed by atoms with Crippen LogP contribution in [-0.2, 0) is 9.53 Å². The third-order valence-corrected chi connectivity index (χ3v) is 6.87. The fraction of sp³-hybridized carbons (Fsp3) is 0.250. The lowest BCUT2D eigenvalue weighted by molar-refractivity contribution is -0.152. The Morgan fingerprint density at radius 3 is 2.16 bits per heavy atom. The molecular formula is C32H31N5O6. The second-order valence-corrected chi connectivity index (χ2v) is 11.4. The van der Waals surface area contributed by atoms with Gasteiger partial charge >= 0.3 is 17.6 Å². The molecule has 2 aromatic carbocycles. The molecule has 3 N–H and O–H groups in total. The highest BCUT2D eigenvalue weighted by Gasteiger charge is 2.27. The first-order valence-electron chi connectivity index (χ1n) is 13.6. The van der Waals surface area contributed by atoms with Crippen LogP contribution in [0.2, 0.25) is 0 Å². The maximum Gasteiger partial charge on any atom is 0.341 e. The van der Waals surface area contributed by atoms with E-state index in [2.05, 4.69) is 20.3 Å². The summed E-state index contributed by atoms with van der Waals surface area (Å²) >= 11 is 0. The Bertz CT molecular complexity index is 1860. The van der Waals surface area contributed by atoms with Gasteiger partial charge in [0, 0.05) is 23.9 Å². The molecule has 0 amide bonds. The normalized spacial score (nSPS) is 12.7. The van der Waals surface area contributed by atoms with E-state index in [-0.39, 0.29) is 29.4 Å². The predicted molar refractivity (Wildman–Crippen MR) is 162 cm³/mol. The van der Waals surface area contributed by atoms with Crippen molar-refractivity contribution in [3.05, 3.63) is 114 Å². The second kappa shape index (κ2) is 11.2. The van der Waals surface area contributed by atoms with Gasteiger partial charge in [0.05, 0.1) is 0 Å². The smallest absolute Gasteiger partial charge is 0.341 e. The van der Waals surface area contributed by atoms with E-state index in [0.29, 0.717) is 0 Å². The number of aromatic carboxylic acids is 1. The van der Waals surface area contributed by atoms with Crippen LogP contribution in [0.1, 0.15) is 76.0 Å². The van der Waals surface area contributed by atoms with Gasteiger partial charge < -0.3 is 15.2 Å². The van der Waals surface area contributed by atoms with Gasteiger partial charge in [0.15, 0.2) is 0 Å². The van der Waals surface area contributed by atoms with Gasteiger partial charge in [-0.05, 0) is 56.9 Å². The van der Waals surface area contributed by atoms with Crippen molar-refractivity contribution in [2.45, 2.75) is 46.1 Å². The lowest BCUT2D eigenvalue weighted by Gasteiger charge is -2.21. The summed E-state index contributed by atoms with van der Waals surface area (Å²) in [6.07, 6.45) is 6.45. The Morgan fingerprint density at radius 1 is 1.00 bits per heavy atom. The van der Waals surface area contributed by atoms with Crippen LogP contribution in [0, 0.1) is 13.8 Å². The number of carboxylic acids is 1. The number of rotatable bonds is 6. The van der Waals surface area contributed by atoms with Crippen LogP contribution < -0.4 is 16.6 Å². The Morgan fingerprint density at radius 2 is 1.60 bits per heavy atom. The molecule has 2 heterocycles. The van der Waals surface area contributed by atoms with Gasteiger partial charge in [0.1, 0.15) is 23.5 Å². The lowest BCUT2D eigenvalue weighted by Crippen LogP contribution is -2.33. The number of benzene rings is 2. The van der Waals surface area contributed by atoms with Crippen LogP contribution in [0.4, 0.5) is 5.82 Å². The fourth-order valence-corrected chi connectivity index (χ4v) is 5.04. The van der Waals surface area contributed by atoms with Gasteiger partial charge in [-0.3, -0.25) is 14.6 Å². The fourth-order valence-electron chi connectivity index (χ4n) is 5.04. The number of nitrogens with zero attached hydrogens (tertiary/aromatic N) is 3. The van der Waals surface area contributed by atoms with Gasteiger partial charge in [0.2, 0.25) is 5.95 Å². The molecule has 0 bridgehead atoms. The van der Waals surface area contributed by atoms with E-state index in [0.717, 1.165) is 44.1 Å². The molecule has 220 valence electrons. The van der Waals surface area contributed by atoms with E-state index >= 15 is 0 Å². The first-order valence-corrected chi connectivity index (χ1v) is 13.6. The number of esters is 1. The number of H-pyrrole nitrogens is 1. The number of fused-ring (bicyclic) bond motifs is 2. The van der Waals surface area contributed by atoms with Crippen LogP contribution in [0.25, 0.3) is 18.1 Å². The zero-order valence-corrected chi connectivity index (χ0v) is 24.4. The highest BCUT2D eigenvalue weighted by molar-refractivity contribution is 5.93. The Hall–Kier alpha value is -5.32. The van der Waals surface area contributed by atoms with Gasteiger partial charge in [-0.15, -0.1) is 0 Å². The molecule has 0 unspecified atom stereocenters. The predicted octanol–water partition coefficient (Wildman–Crippen LogP) is 4.05. The number of carboxylic acid groups (broad SMARTS) is 1. The zero-order chi connectivity index (χ0) is 31.1. The van der Waals surface area contributed by atoms with E-state index in [1.807, 2.05) is 62.4 Å². The van der Waals surface area contributed by atoms with Crippen molar-refractivity contribution < 1.29 is 19.4 Å². The maximum absolute atomic E-state index is 13.4. The quantitative estimate of drug-likeness (QED) is 0.252. The summed E-state index contributed by atoms with van der Waals surface area (Å²) in [6.45, 7) is 8.73. The van der Waals surface area contributed by atoms with Crippen molar-refractivity contribution >= 4 is 29.9 Å². The average molecular weight is 582 g/mol. The monoisotopic (exact) mass is 581 g/mol.